The monoisotopic (exact) mass is 247 g/mol. The summed E-state index contributed by atoms with van der Waals surface area (Å²) in [6.07, 6.45) is 6.40. The van der Waals surface area contributed by atoms with Gasteiger partial charge in [-0.2, -0.15) is 0 Å². The highest BCUT2D eigenvalue weighted by Crippen LogP contribution is 2.23. The molecule has 17 heavy (non-hydrogen) atoms. The van der Waals surface area contributed by atoms with Crippen molar-refractivity contribution in [2.75, 3.05) is 7.11 Å². The Labute approximate surface area is 102 Å². The Kier molecular flexibility index (Phi) is 3.66. The number of nitrogens with zero attached hydrogens (tertiary/aromatic N) is 3. The van der Waals surface area contributed by atoms with Gasteiger partial charge in [0.25, 0.3) is 0 Å². The van der Waals surface area contributed by atoms with E-state index >= 15 is 0 Å². The highest BCUT2D eigenvalue weighted by Gasteiger charge is 2.07. The van der Waals surface area contributed by atoms with Gasteiger partial charge in [0.1, 0.15) is 10.1 Å². The molecule has 0 radical (unpaired) electrons. The molecule has 0 atom stereocenters. The molecule has 0 spiro atoms. The van der Waals surface area contributed by atoms with Gasteiger partial charge in [0, 0.05) is 18.6 Å². The maximum Gasteiger partial charge on any atom is 0.337 e. The number of rotatable bonds is 3. The molecule has 6 heteroatoms. The summed E-state index contributed by atoms with van der Waals surface area (Å²) in [6.45, 7) is 0. The molecule has 0 bridgehead atoms. The van der Waals surface area contributed by atoms with E-state index in [0.717, 1.165) is 5.03 Å². The van der Waals surface area contributed by atoms with Gasteiger partial charge < -0.3 is 4.74 Å². The van der Waals surface area contributed by atoms with Crippen molar-refractivity contribution >= 4 is 17.7 Å². The van der Waals surface area contributed by atoms with Gasteiger partial charge in [0.05, 0.1) is 18.9 Å². The standard InChI is InChI=1S/C11H9N3O2S/c1-16-11(15)8-2-3-13-9(6-8)17-10-7-12-4-5-14-10/h2-7H,1H3. The number of pyridine rings is 1. The number of carbonyl (C=O) groups excluding carboxylic acids is 1. The van der Waals surface area contributed by atoms with E-state index in [-0.39, 0.29) is 5.97 Å². The number of esters is 1. The maximum absolute atomic E-state index is 11.3. The zero-order valence-electron chi connectivity index (χ0n) is 9.03. The lowest BCUT2D eigenvalue weighted by Crippen LogP contribution is -2.01. The van der Waals surface area contributed by atoms with Gasteiger partial charge in [-0.3, -0.25) is 4.98 Å². The van der Waals surface area contributed by atoms with Crippen molar-refractivity contribution in [1.82, 2.24) is 15.0 Å². The second-order valence-electron chi connectivity index (χ2n) is 3.02. The van der Waals surface area contributed by atoms with Gasteiger partial charge >= 0.3 is 5.97 Å². The van der Waals surface area contributed by atoms with Crippen molar-refractivity contribution in [3.8, 4) is 0 Å². The molecule has 2 heterocycles. The summed E-state index contributed by atoms with van der Waals surface area (Å²) in [5, 5.41) is 1.40. The Morgan fingerprint density at radius 2 is 2.06 bits per heavy atom. The van der Waals surface area contributed by atoms with Crippen LogP contribution in [0, 0.1) is 0 Å². The molecule has 5 nitrogen and oxygen atoms in total. The Morgan fingerprint density at radius 1 is 1.24 bits per heavy atom. The van der Waals surface area contributed by atoms with Gasteiger partial charge in [-0.05, 0) is 23.9 Å². The van der Waals surface area contributed by atoms with Crippen molar-refractivity contribution in [1.29, 1.82) is 0 Å². The minimum absolute atomic E-state index is 0.381. The summed E-state index contributed by atoms with van der Waals surface area (Å²) in [7, 11) is 1.35. The topological polar surface area (TPSA) is 65.0 Å². The van der Waals surface area contributed by atoms with Crippen LogP contribution in [0.5, 0.6) is 0 Å². The average molecular weight is 247 g/mol. The number of carbonyl (C=O) groups is 1. The molecule has 0 unspecified atom stereocenters. The normalized spacial score (nSPS) is 9.94. The summed E-state index contributed by atoms with van der Waals surface area (Å²) in [6, 6.07) is 3.26. The van der Waals surface area contributed by atoms with E-state index in [1.807, 2.05) is 0 Å². The fourth-order valence-electron chi connectivity index (χ4n) is 1.16. The predicted molar refractivity (Wildman–Crippen MR) is 61.7 cm³/mol. The lowest BCUT2D eigenvalue weighted by Gasteiger charge is -2.02. The first-order chi connectivity index (χ1) is 8.29. The Balaban J connectivity index is 2.20. The van der Waals surface area contributed by atoms with Crippen molar-refractivity contribution in [3.63, 3.8) is 0 Å². The minimum atomic E-state index is -0.381. The first kappa shape index (κ1) is 11.5. The Bertz CT molecular complexity index is 519. The number of aromatic nitrogens is 3. The third-order valence-corrected chi connectivity index (χ3v) is 2.76. The fraction of sp³-hybridized carbons (Fsp3) is 0.0909. The summed E-state index contributed by atoms with van der Waals surface area (Å²) >= 11 is 1.34. The van der Waals surface area contributed by atoms with Gasteiger partial charge in [0.2, 0.25) is 0 Å². The van der Waals surface area contributed by atoms with Crippen LogP contribution >= 0.6 is 11.8 Å². The van der Waals surface area contributed by atoms with Crippen LogP contribution in [0.3, 0.4) is 0 Å². The van der Waals surface area contributed by atoms with E-state index in [0.29, 0.717) is 10.6 Å². The quantitative estimate of drug-likeness (QED) is 0.771. The highest BCUT2D eigenvalue weighted by molar-refractivity contribution is 7.99. The summed E-state index contributed by atoms with van der Waals surface area (Å²) in [4.78, 5) is 23.5. The van der Waals surface area contributed by atoms with Crippen LogP contribution in [-0.4, -0.2) is 28.0 Å². The SMILES string of the molecule is COC(=O)c1ccnc(Sc2cnccn2)c1. The second kappa shape index (κ2) is 5.40. The number of ether oxygens (including phenoxy) is 1. The molecule has 0 aromatic carbocycles. The minimum Gasteiger partial charge on any atom is -0.465 e. The summed E-state index contributed by atoms with van der Waals surface area (Å²) < 4.78 is 4.64. The second-order valence-corrected chi connectivity index (χ2v) is 4.06. The van der Waals surface area contributed by atoms with Crippen molar-refractivity contribution < 1.29 is 9.53 Å². The fourth-order valence-corrected chi connectivity index (χ4v) is 1.90. The first-order valence-electron chi connectivity index (χ1n) is 4.78. The zero-order chi connectivity index (χ0) is 12.1. The van der Waals surface area contributed by atoms with E-state index in [2.05, 4.69) is 19.7 Å². The van der Waals surface area contributed by atoms with Crippen LogP contribution in [0.4, 0.5) is 0 Å². The van der Waals surface area contributed by atoms with Gasteiger partial charge in [0.15, 0.2) is 0 Å². The van der Waals surface area contributed by atoms with Crippen LogP contribution < -0.4 is 0 Å². The molecule has 0 aliphatic carbocycles. The molecule has 2 rings (SSSR count). The smallest absolute Gasteiger partial charge is 0.337 e. The van der Waals surface area contributed by atoms with Crippen LogP contribution in [0.25, 0.3) is 0 Å². The van der Waals surface area contributed by atoms with Crippen molar-refractivity contribution in [3.05, 3.63) is 42.5 Å². The third kappa shape index (κ3) is 3.01. The molecule has 0 aliphatic heterocycles. The van der Waals surface area contributed by atoms with Crippen LogP contribution in [0.2, 0.25) is 0 Å². The van der Waals surface area contributed by atoms with Crippen LogP contribution in [0.15, 0.2) is 47.0 Å². The zero-order valence-corrected chi connectivity index (χ0v) is 9.85. The molecule has 0 amide bonds. The molecule has 86 valence electrons. The lowest BCUT2D eigenvalue weighted by molar-refractivity contribution is 0.0600. The molecule has 0 fully saturated rings. The lowest BCUT2D eigenvalue weighted by atomic mass is 10.3. The average Bonchev–Trinajstić information content (AvgIpc) is 2.39. The van der Waals surface area contributed by atoms with Gasteiger partial charge in [-0.15, -0.1) is 0 Å². The Morgan fingerprint density at radius 3 is 2.76 bits per heavy atom. The molecule has 0 N–H and O–H groups in total. The van der Waals surface area contributed by atoms with E-state index in [9.17, 15) is 4.79 Å². The van der Waals surface area contributed by atoms with E-state index in [1.165, 1.54) is 18.9 Å². The molecular weight excluding hydrogens is 238 g/mol. The van der Waals surface area contributed by atoms with E-state index < -0.39 is 0 Å². The molecule has 0 saturated carbocycles. The third-order valence-electron chi connectivity index (χ3n) is 1.90. The van der Waals surface area contributed by atoms with Gasteiger partial charge in [-0.1, -0.05) is 0 Å². The molecule has 2 aromatic rings. The van der Waals surface area contributed by atoms with Crippen molar-refractivity contribution in [2.45, 2.75) is 10.1 Å². The van der Waals surface area contributed by atoms with E-state index in [1.54, 1.807) is 36.9 Å². The molecular formula is C11H9N3O2S. The summed E-state index contributed by atoms with van der Waals surface area (Å²) in [5.74, 6) is -0.381. The highest BCUT2D eigenvalue weighted by atomic mass is 32.2. The van der Waals surface area contributed by atoms with Crippen LogP contribution in [0.1, 0.15) is 10.4 Å². The maximum atomic E-state index is 11.3. The number of methoxy groups -OCH3 is 1. The predicted octanol–water partition coefficient (Wildman–Crippen LogP) is 1.81. The van der Waals surface area contributed by atoms with E-state index in [4.69, 9.17) is 0 Å². The first-order valence-corrected chi connectivity index (χ1v) is 5.59. The largest absolute Gasteiger partial charge is 0.465 e. The molecule has 0 saturated heterocycles. The Hall–Kier alpha value is -1.95. The summed E-state index contributed by atoms with van der Waals surface area (Å²) in [5.41, 5.74) is 0.467. The van der Waals surface area contributed by atoms with Crippen molar-refractivity contribution in [2.24, 2.45) is 0 Å². The van der Waals surface area contributed by atoms with Crippen LogP contribution in [-0.2, 0) is 4.74 Å². The number of hydrogen-bond donors (Lipinski definition) is 0. The molecule has 2 aromatic heterocycles. The van der Waals surface area contributed by atoms with Gasteiger partial charge in [-0.25, -0.2) is 14.8 Å². The molecule has 0 aliphatic rings. The number of hydrogen-bond acceptors (Lipinski definition) is 6.